The lowest BCUT2D eigenvalue weighted by atomic mass is 9.37. The molecule has 3 saturated carbocycles. The Labute approximate surface area is 248 Å². The van der Waals surface area contributed by atoms with E-state index in [-0.39, 0.29) is 35.7 Å². The highest BCUT2D eigenvalue weighted by Crippen LogP contribution is 2.74. The van der Waals surface area contributed by atoms with Gasteiger partial charge in [-0.3, -0.25) is 9.59 Å². The quantitative estimate of drug-likeness (QED) is 0.183. The molecule has 1 aromatic heterocycles. The first-order valence-corrected chi connectivity index (χ1v) is 15.4. The fourth-order valence-electron chi connectivity index (χ4n) is 10.2. The van der Waals surface area contributed by atoms with Crippen LogP contribution in [0, 0.1) is 34.0 Å². The van der Waals surface area contributed by atoms with Crippen LogP contribution in [0.15, 0.2) is 46.3 Å². The third kappa shape index (κ3) is 4.00. The molecule has 4 aliphatic carbocycles. The Bertz CT molecular complexity index is 1330. The van der Waals surface area contributed by atoms with Gasteiger partial charge in [0.25, 0.3) is 0 Å². The molecule has 5 aliphatic rings. The monoisotopic (exact) mass is 580 g/mol. The molecule has 0 radical (unpaired) electrons. The fraction of sp³-hybridized carbons (Fsp3) is 0.676. The fourth-order valence-corrected chi connectivity index (χ4v) is 10.2. The minimum atomic E-state index is -0.559. The molecule has 2 heterocycles. The number of hydrogen-bond donors (Lipinski definition) is 0. The van der Waals surface area contributed by atoms with Gasteiger partial charge in [-0.1, -0.05) is 38.5 Å². The van der Waals surface area contributed by atoms with Crippen molar-refractivity contribution in [3.63, 3.8) is 0 Å². The van der Waals surface area contributed by atoms with Crippen molar-refractivity contribution in [3.8, 4) is 0 Å². The zero-order valence-electron chi connectivity index (χ0n) is 25.8. The molecule has 0 bridgehead atoms. The van der Waals surface area contributed by atoms with E-state index in [1.54, 1.807) is 19.3 Å². The first-order valence-electron chi connectivity index (χ1n) is 15.4. The third-order valence-electron chi connectivity index (χ3n) is 12.0. The van der Waals surface area contributed by atoms with Gasteiger partial charge in [-0.15, -0.1) is 0 Å². The van der Waals surface area contributed by atoms with Crippen LogP contribution >= 0.6 is 0 Å². The van der Waals surface area contributed by atoms with Gasteiger partial charge >= 0.3 is 17.9 Å². The number of fused-ring (bicyclic) bond motifs is 4. The standard InChI is InChI=1S/C34H44O8/c1-8-18(2)31(37)42-30-28-29-32(5,17-39-28)26(40-19(3)35)15-27(41-20(4)36)34(29,7)25-12-10-23-22(21-13-14-38-16-21)9-11-24(23)33(25,30)6/h8,11,13-14,16,22-23,25-30H,9-10,12,15,17H2,1-7H3. The van der Waals surface area contributed by atoms with Gasteiger partial charge < -0.3 is 23.4 Å². The molecular weight excluding hydrogens is 536 g/mol. The van der Waals surface area contributed by atoms with E-state index in [1.807, 2.05) is 13.2 Å². The molecular formula is C34H44O8. The Hall–Kier alpha value is -2.87. The van der Waals surface area contributed by atoms with Gasteiger partial charge in [0.15, 0.2) is 0 Å². The molecule has 8 heteroatoms. The van der Waals surface area contributed by atoms with E-state index in [0.29, 0.717) is 24.5 Å². The Morgan fingerprint density at radius 1 is 0.976 bits per heavy atom. The smallest absolute Gasteiger partial charge is 0.333 e. The van der Waals surface area contributed by atoms with E-state index in [0.717, 1.165) is 19.3 Å². The molecule has 11 unspecified atom stereocenters. The van der Waals surface area contributed by atoms with Gasteiger partial charge in [0.2, 0.25) is 0 Å². The number of carbonyl (C=O) groups is 3. The minimum absolute atomic E-state index is 0.0317. The van der Waals surface area contributed by atoms with Gasteiger partial charge in [0, 0.05) is 48.0 Å². The van der Waals surface area contributed by atoms with Gasteiger partial charge in [0.05, 0.1) is 25.2 Å². The van der Waals surface area contributed by atoms with Crippen LogP contribution in [-0.4, -0.2) is 48.9 Å². The summed E-state index contributed by atoms with van der Waals surface area (Å²) in [6.07, 6.45) is 8.88. The predicted molar refractivity (Wildman–Crippen MR) is 153 cm³/mol. The number of furan rings is 1. The summed E-state index contributed by atoms with van der Waals surface area (Å²) in [5.41, 5.74) is 1.44. The second kappa shape index (κ2) is 10.1. The zero-order valence-corrected chi connectivity index (χ0v) is 25.8. The summed E-state index contributed by atoms with van der Waals surface area (Å²) < 4.78 is 30.9. The summed E-state index contributed by atoms with van der Waals surface area (Å²) in [5, 5.41) is 0. The Kier molecular flexibility index (Phi) is 7.03. The topological polar surface area (TPSA) is 101 Å². The van der Waals surface area contributed by atoms with Gasteiger partial charge in [-0.2, -0.15) is 0 Å². The van der Waals surface area contributed by atoms with Crippen molar-refractivity contribution >= 4 is 17.9 Å². The Morgan fingerprint density at radius 2 is 1.69 bits per heavy atom. The van der Waals surface area contributed by atoms with Crippen LogP contribution in [-0.2, 0) is 33.3 Å². The number of carbonyl (C=O) groups excluding carboxylic acids is 3. The van der Waals surface area contributed by atoms with Crippen molar-refractivity contribution in [1.82, 2.24) is 0 Å². The largest absolute Gasteiger partial charge is 0.472 e. The first kappa shape index (κ1) is 29.2. The highest BCUT2D eigenvalue weighted by atomic mass is 16.6. The molecule has 42 heavy (non-hydrogen) atoms. The van der Waals surface area contributed by atoms with Crippen LogP contribution in [0.3, 0.4) is 0 Å². The molecule has 1 saturated heterocycles. The van der Waals surface area contributed by atoms with E-state index in [2.05, 4.69) is 32.9 Å². The van der Waals surface area contributed by atoms with Crippen molar-refractivity contribution < 1.29 is 37.7 Å². The van der Waals surface area contributed by atoms with Crippen LogP contribution in [0.2, 0.25) is 0 Å². The molecule has 0 N–H and O–H groups in total. The number of allylic oxidation sites excluding steroid dienone is 2. The molecule has 6 rings (SSSR count). The van der Waals surface area contributed by atoms with Crippen molar-refractivity contribution in [3.05, 3.63) is 47.5 Å². The molecule has 1 aromatic rings. The lowest BCUT2D eigenvalue weighted by Gasteiger charge is -2.68. The number of hydrogen-bond acceptors (Lipinski definition) is 8. The zero-order chi connectivity index (χ0) is 30.2. The van der Waals surface area contributed by atoms with Crippen LogP contribution in [0.5, 0.6) is 0 Å². The van der Waals surface area contributed by atoms with Crippen LogP contribution in [0.1, 0.15) is 85.6 Å². The average Bonchev–Trinajstić information content (AvgIpc) is 3.68. The van der Waals surface area contributed by atoms with Crippen molar-refractivity contribution in [1.29, 1.82) is 0 Å². The number of ether oxygens (including phenoxy) is 4. The molecule has 1 aliphatic heterocycles. The summed E-state index contributed by atoms with van der Waals surface area (Å²) in [6, 6.07) is 2.06. The normalized spacial score (nSPS) is 43.9. The van der Waals surface area contributed by atoms with Gasteiger partial charge in [-0.25, -0.2) is 4.79 Å². The molecule has 11 atom stereocenters. The summed E-state index contributed by atoms with van der Waals surface area (Å²) in [6.45, 7) is 13.5. The summed E-state index contributed by atoms with van der Waals surface area (Å²) in [4.78, 5) is 38.4. The third-order valence-corrected chi connectivity index (χ3v) is 12.0. The van der Waals surface area contributed by atoms with E-state index in [9.17, 15) is 14.4 Å². The molecule has 228 valence electrons. The van der Waals surface area contributed by atoms with Gasteiger partial charge in [0.1, 0.15) is 18.3 Å². The van der Waals surface area contributed by atoms with Crippen molar-refractivity contribution in [2.75, 3.05) is 6.61 Å². The first-order chi connectivity index (χ1) is 19.9. The lowest BCUT2D eigenvalue weighted by molar-refractivity contribution is -0.263. The highest BCUT2D eigenvalue weighted by molar-refractivity contribution is 5.87. The van der Waals surface area contributed by atoms with E-state index in [1.165, 1.54) is 25.0 Å². The molecule has 0 amide bonds. The Balaban J connectivity index is 1.51. The Morgan fingerprint density at radius 3 is 2.33 bits per heavy atom. The molecule has 8 nitrogen and oxygen atoms in total. The molecule has 0 aromatic carbocycles. The van der Waals surface area contributed by atoms with Crippen LogP contribution < -0.4 is 0 Å². The van der Waals surface area contributed by atoms with Crippen molar-refractivity contribution in [2.45, 2.75) is 104 Å². The number of rotatable bonds is 5. The maximum absolute atomic E-state index is 13.5. The van der Waals surface area contributed by atoms with Gasteiger partial charge in [-0.05, 0) is 62.5 Å². The summed E-state index contributed by atoms with van der Waals surface area (Å²) in [7, 11) is 0. The maximum atomic E-state index is 13.5. The van der Waals surface area contributed by atoms with Crippen molar-refractivity contribution in [2.24, 2.45) is 34.0 Å². The average molecular weight is 581 g/mol. The second-order valence-electron chi connectivity index (χ2n) is 13.9. The number of esters is 3. The predicted octanol–water partition coefficient (Wildman–Crippen LogP) is 5.91. The van der Waals surface area contributed by atoms with Crippen LogP contribution in [0.4, 0.5) is 0 Å². The second-order valence-corrected chi connectivity index (χ2v) is 13.9. The SMILES string of the molecule is CC=C(C)C(=O)OC1C2OCC3(C)C(OC(C)=O)CC(OC(C)=O)C(C)(C23)C2CCC3C(=CCC3c3ccoc3)C12C. The molecule has 0 spiro atoms. The maximum Gasteiger partial charge on any atom is 0.333 e. The van der Waals surface area contributed by atoms with E-state index >= 15 is 0 Å². The van der Waals surface area contributed by atoms with Crippen LogP contribution in [0.25, 0.3) is 0 Å². The minimum Gasteiger partial charge on any atom is -0.472 e. The highest BCUT2D eigenvalue weighted by Gasteiger charge is 2.77. The molecule has 4 fully saturated rings. The lowest BCUT2D eigenvalue weighted by Crippen LogP contribution is -2.73. The van der Waals surface area contributed by atoms with E-state index < -0.39 is 40.7 Å². The summed E-state index contributed by atoms with van der Waals surface area (Å²) in [5.74, 6) is -0.626. The summed E-state index contributed by atoms with van der Waals surface area (Å²) >= 11 is 0. The van der Waals surface area contributed by atoms with E-state index in [4.69, 9.17) is 23.4 Å².